The number of carbonyl (C=O) groups excluding carboxylic acids is 2. The van der Waals surface area contributed by atoms with E-state index in [1.54, 1.807) is 57.2 Å². The number of nitrogens with one attached hydrogen (secondary N) is 2. The van der Waals surface area contributed by atoms with Crippen molar-refractivity contribution in [3.05, 3.63) is 113 Å². The number of hydrogen-bond donors (Lipinski definition) is 3. The fourth-order valence-electron chi connectivity index (χ4n) is 3.98. The smallest absolute Gasteiger partial charge is 0.435 e. The molecule has 0 aliphatic rings. The van der Waals surface area contributed by atoms with Crippen LogP contribution >= 0.6 is 0 Å². The summed E-state index contributed by atoms with van der Waals surface area (Å²) in [6, 6.07) is 18.8. The van der Waals surface area contributed by atoms with Gasteiger partial charge in [-0.1, -0.05) is 48.5 Å². The molecule has 4 rings (SSSR count). The lowest BCUT2D eigenvalue weighted by atomic mass is 10.0. The van der Waals surface area contributed by atoms with E-state index in [0.717, 1.165) is 10.7 Å². The quantitative estimate of drug-likeness (QED) is 0.219. The van der Waals surface area contributed by atoms with E-state index < -0.39 is 47.1 Å². The van der Waals surface area contributed by atoms with E-state index in [-0.39, 0.29) is 23.5 Å². The van der Waals surface area contributed by atoms with Crippen LogP contribution in [0, 0.1) is 5.82 Å². The maximum Gasteiger partial charge on any atom is 0.435 e. The molecule has 12 heteroatoms. The lowest BCUT2D eigenvalue weighted by Gasteiger charge is -2.19. The largest absolute Gasteiger partial charge is 0.444 e. The van der Waals surface area contributed by atoms with Gasteiger partial charge in [0.2, 0.25) is 0 Å². The molecule has 0 aliphatic heterocycles. The van der Waals surface area contributed by atoms with Crippen molar-refractivity contribution in [3.8, 4) is 5.69 Å². The zero-order valence-corrected chi connectivity index (χ0v) is 22.9. The van der Waals surface area contributed by atoms with Crippen molar-refractivity contribution in [1.82, 2.24) is 15.1 Å². The van der Waals surface area contributed by atoms with Gasteiger partial charge in [0.25, 0.3) is 5.91 Å². The van der Waals surface area contributed by atoms with Gasteiger partial charge < -0.3 is 20.5 Å². The average Bonchev–Trinajstić information content (AvgIpc) is 3.39. The van der Waals surface area contributed by atoms with Crippen LogP contribution in [0.4, 0.5) is 28.0 Å². The summed E-state index contributed by atoms with van der Waals surface area (Å²) in [6.07, 6.45) is -6.68. The number of nitrogens with zero attached hydrogens (tertiary/aromatic N) is 2. The minimum Gasteiger partial charge on any atom is -0.444 e. The van der Waals surface area contributed by atoms with E-state index >= 15 is 0 Å². The van der Waals surface area contributed by atoms with Crippen LogP contribution in [0.2, 0.25) is 0 Å². The fraction of sp³-hybridized carbons (Fsp3) is 0.233. The molecule has 1 atom stereocenters. The molecule has 2 amide bonds. The number of alkyl carbamates (subject to hydrolysis) is 1. The number of aliphatic hydroxyl groups excluding tert-OH is 1. The Kier molecular flexibility index (Phi) is 8.67. The summed E-state index contributed by atoms with van der Waals surface area (Å²) in [7, 11) is 0. The number of anilines is 1. The third-order valence-corrected chi connectivity index (χ3v) is 5.90. The highest BCUT2D eigenvalue weighted by Gasteiger charge is 2.36. The lowest BCUT2D eigenvalue weighted by Crippen LogP contribution is -2.32. The van der Waals surface area contributed by atoms with Crippen molar-refractivity contribution in [2.75, 3.05) is 5.32 Å². The van der Waals surface area contributed by atoms with Crippen LogP contribution in [0.3, 0.4) is 0 Å². The molecule has 1 heterocycles. The van der Waals surface area contributed by atoms with Crippen LogP contribution in [-0.2, 0) is 17.5 Å². The number of halogens is 4. The Morgan fingerprint density at radius 3 is 2.31 bits per heavy atom. The Balaban J connectivity index is 1.59. The molecule has 1 aromatic heterocycles. The first kappa shape index (κ1) is 30.3. The third-order valence-electron chi connectivity index (χ3n) is 5.90. The molecule has 0 spiro atoms. The number of rotatable bonds is 7. The molecule has 0 fully saturated rings. The number of aromatic nitrogens is 2. The van der Waals surface area contributed by atoms with Gasteiger partial charge in [-0.05, 0) is 61.7 Å². The second-order valence-corrected chi connectivity index (χ2v) is 10.4. The summed E-state index contributed by atoms with van der Waals surface area (Å²) in [4.78, 5) is 25.1. The molecule has 8 nitrogen and oxygen atoms in total. The maximum atomic E-state index is 15.0. The van der Waals surface area contributed by atoms with Crippen LogP contribution in [0.5, 0.6) is 0 Å². The second-order valence-electron chi connectivity index (χ2n) is 10.4. The number of benzene rings is 3. The first-order chi connectivity index (χ1) is 19.7. The molecule has 3 aromatic carbocycles. The molecule has 42 heavy (non-hydrogen) atoms. The lowest BCUT2D eigenvalue weighted by molar-refractivity contribution is -0.141. The van der Waals surface area contributed by atoms with Crippen LogP contribution in [0.1, 0.15) is 59.7 Å². The van der Waals surface area contributed by atoms with Gasteiger partial charge >= 0.3 is 12.3 Å². The fourth-order valence-corrected chi connectivity index (χ4v) is 3.98. The Morgan fingerprint density at radius 1 is 0.952 bits per heavy atom. The predicted octanol–water partition coefficient (Wildman–Crippen LogP) is 6.39. The first-order valence-electron chi connectivity index (χ1n) is 12.8. The Hall–Kier alpha value is -4.71. The van der Waals surface area contributed by atoms with Gasteiger partial charge in [-0.3, -0.25) is 4.79 Å². The number of ether oxygens (including phenoxy) is 1. The SMILES string of the molecule is CC(C)(C)OC(=O)NCc1cccc(-n2nc(C(F)(F)F)cc2C(=O)Nc2ccc(C(O)c3ccccc3)cc2F)c1. The Morgan fingerprint density at radius 2 is 1.67 bits per heavy atom. The van der Waals surface area contributed by atoms with E-state index in [1.165, 1.54) is 30.3 Å². The van der Waals surface area contributed by atoms with Gasteiger partial charge in [-0.15, -0.1) is 0 Å². The summed E-state index contributed by atoms with van der Waals surface area (Å²) in [5.41, 5.74) is -1.52. The number of amides is 2. The van der Waals surface area contributed by atoms with E-state index in [0.29, 0.717) is 17.2 Å². The molecule has 0 aliphatic carbocycles. The highest BCUT2D eigenvalue weighted by molar-refractivity contribution is 6.03. The van der Waals surface area contributed by atoms with Gasteiger partial charge in [0.1, 0.15) is 23.2 Å². The van der Waals surface area contributed by atoms with Crippen molar-refractivity contribution in [2.45, 2.75) is 45.2 Å². The topological polar surface area (TPSA) is 105 Å². The summed E-state index contributed by atoms with van der Waals surface area (Å²) in [6.45, 7) is 5.09. The molecule has 0 saturated heterocycles. The minimum atomic E-state index is -4.86. The van der Waals surface area contributed by atoms with Crippen molar-refractivity contribution < 1.29 is 37.0 Å². The first-order valence-corrected chi connectivity index (χ1v) is 12.8. The molecule has 4 aromatic rings. The Bertz CT molecular complexity index is 1580. The van der Waals surface area contributed by atoms with Crippen LogP contribution < -0.4 is 10.6 Å². The van der Waals surface area contributed by atoms with Gasteiger partial charge in [0.05, 0.1) is 11.4 Å². The van der Waals surface area contributed by atoms with Gasteiger partial charge in [-0.2, -0.15) is 18.3 Å². The summed E-state index contributed by atoms with van der Waals surface area (Å²) < 4.78 is 61.7. The van der Waals surface area contributed by atoms with Gasteiger partial charge in [0.15, 0.2) is 5.69 Å². The van der Waals surface area contributed by atoms with Crippen LogP contribution in [-0.4, -0.2) is 32.5 Å². The minimum absolute atomic E-state index is 0.00985. The normalized spacial score (nSPS) is 12.5. The molecule has 0 saturated carbocycles. The van der Waals surface area contributed by atoms with E-state index in [1.807, 2.05) is 0 Å². The maximum absolute atomic E-state index is 15.0. The van der Waals surface area contributed by atoms with E-state index in [2.05, 4.69) is 15.7 Å². The molecule has 0 radical (unpaired) electrons. The van der Waals surface area contributed by atoms with E-state index in [4.69, 9.17) is 4.74 Å². The van der Waals surface area contributed by atoms with Crippen molar-refractivity contribution in [2.24, 2.45) is 0 Å². The average molecular weight is 585 g/mol. The molecule has 3 N–H and O–H groups in total. The zero-order valence-electron chi connectivity index (χ0n) is 22.9. The summed E-state index contributed by atoms with van der Waals surface area (Å²) in [5.74, 6) is -1.95. The molecular formula is C30H28F4N4O4. The van der Waals surface area contributed by atoms with Crippen LogP contribution in [0.15, 0.2) is 78.9 Å². The highest BCUT2D eigenvalue weighted by atomic mass is 19.4. The number of alkyl halides is 3. The summed E-state index contributed by atoms with van der Waals surface area (Å²) in [5, 5.41) is 19.0. The zero-order chi connectivity index (χ0) is 30.7. The number of carbonyl (C=O) groups is 2. The molecule has 0 bridgehead atoms. The molecule has 1 unspecified atom stereocenters. The van der Waals surface area contributed by atoms with Crippen molar-refractivity contribution in [1.29, 1.82) is 0 Å². The number of aliphatic hydroxyl groups is 1. The summed E-state index contributed by atoms with van der Waals surface area (Å²) >= 11 is 0. The number of hydrogen-bond acceptors (Lipinski definition) is 5. The Labute approximate surface area is 238 Å². The van der Waals surface area contributed by atoms with Crippen LogP contribution in [0.25, 0.3) is 5.69 Å². The highest BCUT2D eigenvalue weighted by Crippen LogP contribution is 2.31. The standard InChI is InChI=1S/C30H28F4N4O4/c1-29(2,3)42-28(41)35-17-18-8-7-11-21(14-18)38-24(16-25(37-38)30(32,33)34)27(40)36-23-13-12-20(15-22(23)31)26(39)19-9-5-4-6-10-19/h4-16,26,39H,17H2,1-3H3,(H,35,41)(H,36,40). The van der Waals surface area contributed by atoms with E-state index in [9.17, 15) is 32.3 Å². The molecule has 220 valence electrons. The van der Waals surface area contributed by atoms with Crippen molar-refractivity contribution in [3.63, 3.8) is 0 Å². The third kappa shape index (κ3) is 7.52. The second kappa shape index (κ2) is 12.0. The molecular weight excluding hydrogens is 556 g/mol. The van der Waals surface area contributed by atoms with Gasteiger partial charge in [0, 0.05) is 12.6 Å². The van der Waals surface area contributed by atoms with Crippen molar-refractivity contribution >= 4 is 17.7 Å². The van der Waals surface area contributed by atoms with Gasteiger partial charge in [-0.25, -0.2) is 13.9 Å². The monoisotopic (exact) mass is 584 g/mol. The predicted molar refractivity (Wildman–Crippen MR) is 146 cm³/mol.